The van der Waals surface area contributed by atoms with Gasteiger partial charge < -0.3 is 31.9 Å². The van der Waals surface area contributed by atoms with Crippen molar-refractivity contribution < 1.29 is 34.2 Å². The summed E-state index contributed by atoms with van der Waals surface area (Å²) in [5.74, 6) is -5.31. The Morgan fingerprint density at radius 1 is 0.812 bits per heavy atom. The number of carboxylic acid groups (broad SMARTS) is 2. The van der Waals surface area contributed by atoms with Gasteiger partial charge in [0.15, 0.2) is 0 Å². The van der Waals surface area contributed by atoms with Gasteiger partial charge in [-0.25, -0.2) is 4.79 Å². The summed E-state index contributed by atoms with van der Waals surface area (Å²) in [7, 11) is 0. The number of aliphatic carboxylic acids is 2. The third-order valence-corrected chi connectivity index (χ3v) is 5.10. The molecule has 0 fully saturated rings. The van der Waals surface area contributed by atoms with Crippen LogP contribution in [-0.4, -0.2) is 64.0 Å². The Bertz CT molecular complexity index is 681. The maximum atomic E-state index is 12.9. The van der Waals surface area contributed by atoms with Gasteiger partial charge in [-0.3, -0.25) is 19.2 Å². The molecule has 11 heteroatoms. The smallest absolute Gasteiger partial charge is 0.326 e. The molecule has 0 rings (SSSR count). The van der Waals surface area contributed by atoms with E-state index in [4.69, 9.17) is 10.8 Å². The van der Waals surface area contributed by atoms with Gasteiger partial charge in [0.25, 0.3) is 0 Å². The predicted octanol–water partition coefficient (Wildman–Crippen LogP) is 0.0756. The molecule has 0 aliphatic rings. The van der Waals surface area contributed by atoms with Crippen molar-refractivity contribution in [2.24, 2.45) is 23.5 Å². The molecule has 0 saturated heterocycles. The van der Waals surface area contributed by atoms with Gasteiger partial charge in [-0.05, 0) is 24.2 Å². The van der Waals surface area contributed by atoms with E-state index in [2.05, 4.69) is 16.0 Å². The summed E-state index contributed by atoms with van der Waals surface area (Å²) in [6, 6.07) is -4.51. The Morgan fingerprint density at radius 2 is 1.31 bits per heavy atom. The Balaban J connectivity index is 5.50. The number of carboxylic acids is 2. The van der Waals surface area contributed by atoms with E-state index in [9.17, 15) is 29.1 Å². The molecule has 5 atom stereocenters. The fourth-order valence-corrected chi connectivity index (χ4v) is 2.99. The standard InChI is InChI=1S/C21H38N4O7/c1-7-12(6)17(20(30)23-14(21(31)32)9-15(26)27)25-19(29)16(11(4)5)24-18(28)13(22)8-10(2)3/h10-14,16-17H,7-9,22H2,1-6H3,(H,23,30)(H,24,28)(H,25,29)(H,26,27)(H,31,32). The average molecular weight is 459 g/mol. The van der Waals surface area contributed by atoms with Crippen LogP contribution in [0, 0.1) is 17.8 Å². The molecule has 0 bridgehead atoms. The van der Waals surface area contributed by atoms with Crippen molar-refractivity contribution in [3.63, 3.8) is 0 Å². The van der Waals surface area contributed by atoms with E-state index >= 15 is 0 Å². The fourth-order valence-electron chi connectivity index (χ4n) is 2.99. The fraction of sp³-hybridized carbons (Fsp3) is 0.762. The third-order valence-electron chi connectivity index (χ3n) is 5.10. The zero-order valence-corrected chi connectivity index (χ0v) is 19.7. The average Bonchev–Trinajstić information content (AvgIpc) is 2.67. The molecule has 0 aromatic heterocycles. The number of hydrogen-bond donors (Lipinski definition) is 6. The van der Waals surface area contributed by atoms with Crippen molar-refractivity contribution in [3.05, 3.63) is 0 Å². The van der Waals surface area contributed by atoms with Crippen LogP contribution in [0.1, 0.15) is 60.8 Å². The highest BCUT2D eigenvalue weighted by Crippen LogP contribution is 2.12. The van der Waals surface area contributed by atoms with Gasteiger partial charge in [-0.2, -0.15) is 0 Å². The van der Waals surface area contributed by atoms with Crippen LogP contribution >= 0.6 is 0 Å². The highest BCUT2D eigenvalue weighted by atomic mass is 16.4. The SMILES string of the molecule is CCC(C)C(NC(=O)C(NC(=O)C(N)CC(C)C)C(C)C)C(=O)NC(CC(=O)O)C(=O)O. The lowest BCUT2D eigenvalue weighted by atomic mass is 9.95. The first-order valence-electron chi connectivity index (χ1n) is 10.8. The van der Waals surface area contributed by atoms with Gasteiger partial charge >= 0.3 is 11.9 Å². The molecule has 0 aromatic rings. The molecular weight excluding hydrogens is 420 g/mol. The summed E-state index contributed by atoms with van der Waals surface area (Å²) in [6.07, 6.45) is 0.115. The van der Waals surface area contributed by atoms with E-state index in [0.29, 0.717) is 12.8 Å². The number of carbonyl (C=O) groups excluding carboxylic acids is 3. The number of rotatable bonds is 14. The highest BCUT2D eigenvalue weighted by molar-refractivity contribution is 5.94. The second-order valence-corrected chi connectivity index (χ2v) is 8.84. The van der Waals surface area contributed by atoms with Gasteiger partial charge in [0.1, 0.15) is 18.1 Å². The van der Waals surface area contributed by atoms with Crippen LogP contribution in [0.2, 0.25) is 0 Å². The highest BCUT2D eigenvalue weighted by Gasteiger charge is 2.34. The number of nitrogens with one attached hydrogen (secondary N) is 3. The van der Waals surface area contributed by atoms with Crippen LogP contribution in [0.25, 0.3) is 0 Å². The van der Waals surface area contributed by atoms with E-state index in [-0.39, 0.29) is 17.8 Å². The van der Waals surface area contributed by atoms with E-state index in [1.165, 1.54) is 0 Å². The van der Waals surface area contributed by atoms with Crippen LogP contribution in [0.5, 0.6) is 0 Å². The van der Waals surface area contributed by atoms with Crippen molar-refractivity contribution >= 4 is 29.7 Å². The van der Waals surface area contributed by atoms with Gasteiger partial charge in [0, 0.05) is 0 Å². The van der Waals surface area contributed by atoms with Crippen LogP contribution in [0.15, 0.2) is 0 Å². The molecule has 3 amide bonds. The first-order chi connectivity index (χ1) is 14.7. The van der Waals surface area contributed by atoms with Crippen LogP contribution in [0.3, 0.4) is 0 Å². The van der Waals surface area contributed by atoms with Crippen molar-refractivity contribution in [2.45, 2.75) is 85.0 Å². The first kappa shape index (κ1) is 29.3. The Labute approximate surface area is 188 Å². The van der Waals surface area contributed by atoms with Gasteiger partial charge in [0.05, 0.1) is 12.5 Å². The topological polar surface area (TPSA) is 188 Å². The van der Waals surface area contributed by atoms with E-state index < -0.39 is 60.2 Å². The molecule has 0 aliphatic heterocycles. The zero-order chi connectivity index (χ0) is 25.2. The van der Waals surface area contributed by atoms with Crippen LogP contribution in [-0.2, 0) is 24.0 Å². The quantitative estimate of drug-likeness (QED) is 0.211. The molecule has 184 valence electrons. The number of hydrogen-bond acceptors (Lipinski definition) is 6. The lowest BCUT2D eigenvalue weighted by Crippen LogP contribution is -2.60. The van der Waals surface area contributed by atoms with Gasteiger partial charge in [0.2, 0.25) is 17.7 Å². The molecule has 11 nitrogen and oxygen atoms in total. The van der Waals surface area contributed by atoms with E-state index in [1.807, 2.05) is 13.8 Å². The summed E-state index contributed by atoms with van der Waals surface area (Å²) < 4.78 is 0. The molecule has 5 unspecified atom stereocenters. The summed E-state index contributed by atoms with van der Waals surface area (Å²) in [5.41, 5.74) is 5.90. The first-order valence-corrected chi connectivity index (χ1v) is 10.8. The van der Waals surface area contributed by atoms with Crippen LogP contribution in [0.4, 0.5) is 0 Å². The van der Waals surface area contributed by atoms with E-state index in [0.717, 1.165) is 0 Å². The maximum absolute atomic E-state index is 12.9. The second kappa shape index (κ2) is 13.7. The van der Waals surface area contributed by atoms with Crippen molar-refractivity contribution in [2.75, 3.05) is 0 Å². The van der Waals surface area contributed by atoms with Crippen LogP contribution < -0.4 is 21.7 Å². The maximum Gasteiger partial charge on any atom is 0.326 e. The normalized spacial score (nSPS) is 15.9. The Kier molecular flexibility index (Phi) is 12.5. The molecule has 0 spiro atoms. The van der Waals surface area contributed by atoms with Gasteiger partial charge in [-0.15, -0.1) is 0 Å². The monoisotopic (exact) mass is 458 g/mol. The number of nitrogens with two attached hydrogens (primary N) is 1. The largest absolute Gasteiger partial charge is 0.481 e. The third kappa shape index (κ3) is 10.1. The molecule has 0 radical (unpaired) electrons. The predicted molar refractivity (Wildman–Crippen MR) is 117 cm³/mol. The molecule has 32 heavy (non-hydrogen) atoms. The minimum Gasteiger partial charge on any atom is -0.481 e. The van der Waals surface area contributed by atoms with Crippen molar-refractivity contribution in [1.82, 2.24) is 16.0 Å². The second-order valence-electron chi connectivity index (χ2n) is 8.84. The lowest BCUT2D eigenvalue weighted by molar-refractivity contribution is -0.147. The van der Waals surface area contributed by atoms with Crippen molar-refractivity contribution in [1.29, 1.82) is 0 Å². The molecule has 0 saturated carbocycles. The summed E-state index contributed by atoms with van der Waals surface area (Å²) >= 11 is 0. The molecule has 0 heterocycles. The summed E-state index contributed by atoms with van der Waals surface area (Å²) in [4.78, 5) is 60.3. The minimum atomic E-state index is -1.64. The lowest BCUT2D eigenvalue weighted by Gasteiger charge is -2.29. The molecular formula is C21H38N4O7. The van der Waals surface area contributed by atoms with Crippen molar-refractivity contribution in [3.8, 4) is 0 Å². The van der Waals surface area contributed by atoms with Gasteiger partial charge in [-0.1, -0.05) is 48.0 Å². The summed E-state index contributed by atoms with van der Waals surface area (Å²) in [5, 5.41) is 25.4. The zero-order valence-electron chi connectivity index (χ0n) is 19.7. The number of amides is 3. The molecule has 0 aliphatic carbocycles. The Hall–Kier alpha value is -2.69. The van der Waals surface area contributed by atoms with E-state index in [1.54, 1.807) is 27.7 Å². The minimum absolute atomic E-state index is 0.188. The molecule has 0 aromatic carbocycles. The molecule has 7 N–H and O–H groups in total. The Morgan fingerprint density at radius 3 is 1.72 bits per heavy atom. The number of carbonyl (C=O) groups is 5. The summed E-state index contributed by atoms with van der Waals surface area (Å²) in [6.45, 7) is 10.8.